The smallest absolute Gasteiger partial charge is 0.0843 e. The van der Waals surface area contributed by atoms with Gasteiger partial charge >= 0.3 is 0 Å². The molecule has 1 fully saturated rings. The van der Waals surface area contributed by atoms with Gasteiger partial charge in [0.2, 0.25) is 0 Å². The molecule has 1 aromatic carbocycles. The van der Waals surface area contributed by atoms with E-state index in [1.807, 2.05) is 0 Å². The quantitative estimate of drug-likeness (QED) is 0.517. The normalized spacial score (nSPS) is 18.1. The standard InChI is InChI=1S/C17H18BrClS/c18-16-10-15(11-20-16)17(19)14-8-6-13(7-9-14)12-4-2-1-3-5-12/h6-12,17H,1-5H2. The molecule has 2 aromatic rings. The molecular formula is C17H18BrClS. The highest BCUT2D eigenvalue weighted by atomic mass is 79.9. The van der Waals surface area contributed by atoms with Gasteiger partial charge in [-0.2, -0.15) is 0 Å². The Morgan fingerprint density at radius 1 is 1.05 bits per heavy atom. The Bertz CT molecular complexity index is 555. The van der Waals surface area contributed by atoms with Crippen LogP contribution in [0.15, 0.2) is 39.5 Å². The fourth-order valence-corrected chi connectivity index (χ4v) is 4.57. The summed E-state index contributed by atoms with van der Waals surface area (Å²) in [5.41, 5.74) is 3.86. The van der Waals surface area contributed by atoms with Gasteiger partial charge in [-0.1, -0.05) is 43.5 Å². The van der Waals surface area contributed by atoms with Crippen molar-refractivity contribution in [3.05, 3.63) is 56.2 Å². The van der Waals surface area contributed by atoms with Gasteiger partial charge in [0, 0.05) is 0 Å². The first-order valence-corrected chi connectivity index (χ1v) is 9.33. The van der Waals surface area contributed by atoms with E-state index in [1.165, 1.54) is 48.8 Å². The van der Waals surface area contributed by atoms with Crippen LogP contribution in [-0.2, 0) is 0 Å². The van der Waals surface area contributed by atoms with Crippen molar-refractivity contribution in [3.8, 4) is 0 Å². The van der Waals surface area contributed by atoms with Crippen LogP contribution in [0.3, 0.4) is 0 Å². The molecular weight excluding hydrogens is 352 g/mol. The number of hydrogen-bond acceptors (Lipinski definition) is 1. The summed E-state index contributed by atoms with van der Waals surface area (Å²) in [5, 5.41) is 2.08. The van der Waals surface area contributed by atoms with Crippen molar-refractivity contribution in [2.24, 2.45) is 0 Å². The zero-order valence-corrected chi connectivity index (χ0v) is 14.5. The molecule has 1 aliphatic rings. The highest BCUT2D eigenvalue weighted by Crippen LogP contribution is 2.36. The SMILES string of the molecule is ClC(c1ccc(C2CCCCC2)cc1)c1csc(Br)c1. The van der Waals surface area contributed by atoms with Crippen LogP contribution in [0.25, 0.3) is 0 Å². The summed E-state index contributed by atoms with van der Waals surface area (Å²) < 4.78 is 1.14. The van der Waals surface area contributed by atoms with Crippen LogP contribution in [0.2, 0.25) is 0 Å². The molecule has 1 aromatic heterocycles. The highest BCUT2D eigenvalue weighted by molar-refractivity contribution is 9.11. The van der Waals surface area contributed by atoms with Crippen LogP contribution >= 0.6 is 38.9 Å². The zero-order valence-electron chi connectivity index (χ0n) is 11.3. The van der Waals surface area contributed by atoms with Crippen molar-refractivity contribution < 1.29 is 0 Å². The Kier molecular flexibility index (Phi) is 4.85. The fraction of sp³-hybridized carbons (Fsp3) is 0.412. The third kappa shape index (κ3) is 3.29. The van der Waals surface area contributed by atoms with Crippen molar-refractivity contribution >= 4 is 38.9 Å². The third-order valence-corrected chi connectivity index (χ3v) is 6.21. The average Bonchev–Trinajstić information content (AvgIpc) is 2.94. The molecule has 106 valence electrons. The van der Waals surface area contributed by atoms with E-state index in [0.717, 1.165) is 9.70 Å². The predicted molar refractivity (Wildman–Crippen MR) is 92.0 cm³/mol. The summed E-state index contributed by atoms with van der Waals surface area (Å²) in [4.78, 5) is 0. The van der Waals surface area contributed by atoms with Gasteiger partial charge in [0.1, 0.15) is 0 Å². The lowest BCUT2D eigenvalue weighted by atomic mass is 9.84. The van der Waals surface area contributed by atoms with E-state index in [1.54, 1.807) is 11.3 Å². The molecule has 0 radical (unpaired) electrons. The molecule has 1 atom stereocenters. The summed E-state index contributed by atoms with van der Waals surface area (Å²) in [5.74, 6) is 0.766. The molecule has 0 amide bonds. The van der Waals surface area contributed by atoms with E-state index in [0.29, 0.717) is 0 Å². The Balaban J connectivity index is 1.75. The molecule has 0 saturated heterocycles. The molecule has 20 heavy (non-hydrogen) atoms. The second-order valence-electron chi connectivity index (χ2n) is 5.55. The molecule has 3 heteroatoms. The number of hydrogen-bond donors (Lipinski definition) is 0. The van der Waals surface area contributed by atoms with E-state index in [9.17, 15) is 0 Å². The van der Waals surface area contributed by atoms with Crippen LogP contribution in [0.5, 0.6) is 0 Å². The molecule has 0 N–H and O–H groups in total. The van der Waals surface area contributed by atoms with Gasteiger partial charge in [0.15, 0.2) is 0 Å². The molecule has 0 spiro atoms. The second-order valence-corrected chi connectivity index (χ2v) is 8.28. The lowest BCUT2D eigenvalue weighted by molar-refractivity contribution is 0.443. The van der Waals surface area contributed by atoms with E-state index < -0.39 is 0 Å². The zero-order chi connectivity index (χ0) is 13.9. The minimum absolute atomic E-state index is 0.0436. The second kappa shape index (κ2) is 6.64. The maximum absolute atomic E-state index is 6.57. The van der Waals surface area contributed by atoms with Crippen molar-refractivity contribution in [3.63, 3.8) is 0 Å². The van der Waals surface area contributed by atoms with Crippen LogP contribution < -0.4 is 0 Å². The van der Waals surface area contributed by atoms with Gasteiger partial charge in [-0.3, -0.25) is 0 Å². The molecule has 0 bridgehead atoms. The lowest BCUT2D eigenvalue weighted by Gasteiger charge is -2.22. The predicted octanol–water partition coefficient (Wildman–Crippen LogP) is 6.89. The summed E-state index contributed by atoms with van der Waals surface area (Å²) in [6.07, 6.45) is 6.87. The number of alkyl halides is 1. The number of rotatable bonds is 3. The summed E-state index contributed by atoms with van der Waals surface area (Å²) in [7, 11) is 0. The first kappa shape index (κ1) is 14.6. The lowest BCUT2D eigenvalue weighted by Crippen LogP contribution is -2.04. The van der Waals surface area contributed by atoms with Crippen molar-refractivity contribution in [2.45, 2.75) is 43.4 Å². The third-order valence-electron chi connectivity index (χ3n) is 4.19. The minimum atomic E-state index is -0.0436. The Morgan fingerprint density at radius 3 is 2.35 bits per heavy atom. The average molecular weight is 370 g/mol. The van der Waals surface area contributed by atoms with Crippen molar-refractivity contribution in [1.29, 1.82) is 0 Å². The monoisotopic (exact) mass is 368 g/mol. The topological polar surface area (TPSA) is 0 Å². The van der Waals surface area contributed by atoms with Crippen LogP contribution in [0.4, 0.5) is 0 Å². The van der Waals surface area contributed by atoms with Gasteiger partial charge < -0.3 is 0 Å². The Hall–Kier alpha value is -0.310. The Labute approximate surface area is 138 Å². The van der Waals surface area contributed by atoms with Gasteiger partial charge in [-0.05, 0) is 62.8 Å². The molecule has 1 saturated carbocycles. The van der Waals surface area contributed by atoms with E-state index in [2.05, 4.69) is 51.6 Å². The van der Waals surface area contributed by atoms with Gasteiger partial charge in [0.05, 0.1) is 9.16 Å². The van der Waals surface area contributed by atoms with E-state index >= 15 is 0 Å². The Morgan fingerprint density at radius 2 is 1.75 bits per heavy atom. The maximum Gasteiger partial charge on any atom is 0.0843 e. The fourth-order valence-electron chi connectivity index (χ4n) is 3.02. The minimum Gasteiger partial charge on any atom is -0.136 e. The van der Waals surface area contributed by atoms with E-state index in [4.69, 9.17) is 11.6 Å². The van der Waals surface area contributed by atoms with Gasteiger partial charge in [-0.25, -0.2) is 0 Å². The maximum atomic E-state index is 6.57. The van der Waals surface area contributed by atoms with Crippen LogP contribution in [0, 0.1) is 0 Å². The van der Waals surface area contributed by atoms with Crippen LogP contribution in [0.1, 0.15) is 60.1 Å². The van der Waals surface area contributed by atoms with Crippen LogP contribution in [-0.4, -0.2) is 0 Å². The summed E-state index contributed by atoms with van der Waals surface area (Å²) in [6.45, 7) is 0. The highest BCUT2D eigenvalue weighted by Gasteiger charge is 2.17. The molecule has 1 unspecified atom stereocenters. The van der Waals surface area contributed by atoms with Gasteiger partial charge in [0.25, 0.3) is 0 Å². The number of thiophene rings is 1. The molecule has 0 nitrogen and oxygen atoms in total. The number of benzene rings is 1. The largest absolute Gasteiger partial charge is 0.136 e. The molecule has 3 rings (SSSR count). The first-order chi connectivity index (χ1) is 9.74. The summed E-state index contributed by atoms with van der Waals surface area (Å²) in [6, 6.07) is 11.1. The molecule has 0 aliphatic heterocycles. The van der Waals surface area contributed by atoms with Crippen molar-refractivity contribution in [2.75, 3.05) is 0 Å². The molecule has 1 aliphatic carbocycles. The van der Waals surface area contributed by atoms with Crippen molar-refractivity contribution in [1.82, 2.24) is 0 Å². The molecule has 1 heterocycles. The van der Waals surface area contributed by atoms with Gasteiger partial charge in [-0.15, -0.1) is 22.9 Å². The number of halogens is 2. The van der Waals surface area contributed by atoms with E-state index in [-0.39, 0.29) is 5.38 Å². The first-order valence-electron chi connectivity index (χ1n) is 7.22. The summed E-state index contributed by atoms with van der Waals surface area (Å²) >= 11 is 11.8.